The molecule has 0 aliphatic rings. The molecule has 0 amide bonds. The van der Waals surface area contributed by atoms with E-state index < -0.39 is 30.7 Å². The minimum Gasteiger partial charge on any atom is -0.464 e. The molecule has 0 spiro atoms. The third-order valence-electron chi connectivity index (χ3n) is 3.52. The van der Waals surface area contributed by atoms with E-state index in [2.05, 4.69) is 9.72 Å². The number of esters is 1. The monoisotopic (exact) mass is 455 g/mol. The molecule has 1 heterocycles. The highest BCUT2D eigenvalue weighted by Gasteiger charge is 2.28. The highest BCUT2D eigenvalue weighted by Crippen LogP contribution is 2.36. The third-order valence-corrected chi connectivity index (χ3v) is 4.11. The van der Waals surface area contributed by atoms with Crippen LogP contribution in [0, 0.1) is 5.82 Å². The van der Waals surface area contributed by atoms with Crippen molar-refractivity contribution in [1.82, 2.24) is 4.98 Å². The molecule has 0 aliphatic heterocycles. The summed E-state index contributed by atoms with van der Waals surface area (Å²) in [6.07, 6.45) is -6.19. The van der Waals surface area contributed by atoms with Crippen molar-refractivity contribution in [3.05, 3.63) is 45.8 Å². The van der Waals surface area contributed by atoms with E-state index in [1.165, 1.54) is 0 Å². The van der Waals surface area contributed by atoms with Gasteiger partial charge in [-0.05, 0) is 30.7 Å². The lowest BCUT2D eigenvalue weighted by Crippen LogP contribution is -2.31. The smallest absolute Gasteiger partial charge is 0.393 e. The van der Waals surface area contributed by atoms with Crippen molar-refractivity contribution >= 4 is 29.2 Å². The summed E-state index contributed by atoms with van der Waals surface area (Å²) in [5.41, 5.74) is -0.491. The maximum Gasteiger partial charge on any atom is 0.393 e. The summed E-state index contributed by atoms with van der Waals surface area (Å²) in [6.45, 7) is 1.72. The first-order chi connectivity index (χ1) is 13.6. The van der Waals surface area contributed by atoms with Gasteiger partial charge in [0.15, 0.2) is 0 Å². The molecule has 11 heteroatoms. The molecule has 2 aromatic rings. The Morgan fingerprint density at radius 2 is 1.90 bits per heavy atom. The predicted molar refractivity (Wildman–Crippen MR) is 97.5 cm³/mol. The van der Waals surface area contributed by atoms with E-state index in [0.29, 0.717) is 0 Å². The second-order valence-electron chi connectivity index (χ2n) is 5.66. The van der Waals surface area contributed by atoms with Crippen LogP contribution in [0.15, 0.2) is 24.4 Å². The molecule has 0 saturated heterocycles. The highest BCUT2D eigenvalue weighted by atomic mass is 35.5. The first kappa shape index (κ1) is 23.2. The van der Waals surface area contributed by atoms with Crippen LogP contribution >= 0.6 is 23.2 Å². The number of aromatic nitrogens is 1. The molecule has 5 nitrogen and oxygen atoms in total. The number of ether oxygens (including phenoxy) is 3. The summed E-state index contributed by atoms with van der Waals surface area (Å²) < 4.78 is 67.1. The van der Waals surface area contributed by atoms with Crippen molar-refractivity contribution in [2.45, 2.75) is 25.8 Å². The number of hydrogen-bond donors (Lipinski definition) is 0. The fourth-order valence-corrected chi connectivity index (χ4v) is 2.80. The van der Waals surface area contributed by atoms with E-state index in [1.807, 2.05) is 0 Å². The first-order valence-electron chi connectivity index (χ1n) is 8.12. The van der Waals surface area contributed by atoms with Gasteiger partial charge in [0.2, 0.25) is 0 Å². The standard InChI is InChI=1S/C18H15Cl2F4NO4/c1-3-28-17(16(26)27-2)29-14-5-10(13(21)6-11(14)19)15-12(20)4-9(8-25-15)7-18(22,23)24/h4-6,8,17H,3,7H2,1-2H3. The largest absolute Gasteiger partial charge is 0.464 e. The number of carbonyl (C=O) groups is 1. The number of benzene rings is 1. The van der Waals surface area contributed by atoms with Crippen LogP contribution in [0.25, 0.3) is 11.3 Å². The maximum atomic E-state index is 14.4. The molecule has 0 saturated carbocycles. The van der Waals surface area contributed by atoms with Crippen molar-refractivity contribution < 1.29 is 36.6 Å². The zero-order valence-corrected chi connectivity index (χ0v) is 16.7. The Labute approximate surface area is 173 Å². The summed E-state index contributed by atoms with van der Waals surface area (Å²) in [7, 11) is 1.13. The molecule has 0 fully saturated rings. The van der Waals surface area contributed by atoms with Gasteiger partial charge in [0.1, 0.15) is 11.6 Å². The van der Waals surface area contributed by atoms with Gasteiger partial charge < -0.3 is 14.2 Å². The molecule has 1 unspecified atom stereocenters. The summed E-state index contributed by atoms with van der Waals surface area (Å²) in [6, 6.07) is 3.06. The molecule has 2 rings (SSSR count). The van der Waals surface area contributed by atoms with E-state index in [-0.39, 0.29) is 39.2 Å². The molecule has 29 heavy (non-hydrogen) atoms. The summed E-state index contributed by atoms with van der Waals surface area (Å²) in [5.74, 6) is -1.82. The summed E-state index contributed by atoms with van der Waals surface area (Å²) in [4.78, 5) is 15.6. The molecule has 0 N–H and O–H groups in total. The Balaban J connectivity index is 2.41. The lowest BCUT2D eigenvalue weighted by molar-refractivity contribution is -0.173. The molecular weight excluding hydrogens is 441 g/mol. The van der Waals surface area contributed by atoms with E-state index in [9.17, 15) is 22.4 Å². The van der Waals surface area contributed by atoms with Crippen LogP contribution in [0.5, 0.6) is 5.75 Å². The van der Waals surface area contributed by atoms with Crippen molar-refractivity contribution in [3.63, 3.8) is 0 Å². The van der Waals surface area contributed by atoms with Crippen molar-refractivity contribution in [1.29, 1.82) is 0 Å². The Kier molecular flexibility index (Phi) is 7.67. The van der Waals surface area contributed by atoms with Crippen LogP contribution in [-0.2, 0) is 20.7 Å². The van der Waals surface area contributed by atoms with E-state index in [0.717, 1.165) is 31.5 Å². The van der Waals surface area contributed by atoms with Crippen LogP contribution in [0.2, 0.25) is 10.0 Å². The lowest BCUT2D eigenvalue weighted by atomic mass is 10.1. The van der Waals surface area contributed by atoms with Crippen molar-refractivity contribution in [2.24, 2.45) is 0 Å². The molecule has 0 bridgehead atoms. The van der Waals surface area contributed by atoms with E-state index in [1.54, 1.807) is 6.92 Å². The van der Waals surface area contributed by atoms with Gasteiger partial charge >= 0.3 is 12.1 Å². The molecule has 0 aliphatic carbocycles. The second-order valence-corrected chi connectivity index (χ2v) is 6.47. The zero-order valence-electron chi connectivity index (χ0n) is 15.1. The SMILES string of the molecule is CCOC(Oc1cc(-c2ncc(CC(F)(F)F)cc2Cl)c(F)cc1Cl)C(=O)OC. The Morgan fingerprint density at radius 3 is 2.45 bits per heavy atom. The van der Waals surface area contributed by atoms with Gasteiger partial charge in [-0.3, -0.25) is 4.98 Å². The van der Waals surface area contributed by atoms with Gasteiger partial charge in [-0.1, -0.05) is 23.2 Å². The topological polar surface area (TPSA) is 57.7 Å². The van der Waals surface area contributed by atoms with Gasteiger partial charge in [-0.25, -0.2) is 9.18 Å². The number of hydrogen-bond acceptors (Lipinski definition) is 5. The Bertz CT molecular complexity index is 893. The average molecular weight is 456 g/mol. The third kappa shape index (κ3) is 6.19. The molecule has 1 aromatic heterocycles. The molecule has 0 radical (unpaired) electrons. The molecular formula is C18H15Cl2F4NO4. The molecule has 158 valence electrons. The number of alkyl halides is 3. The number of methoxy groups -OCH3 is 1. The Morgan fingerprint density at radius 1 is 1.21 bits per heavy atom. The van der Waals surface area contributed by atoms with Crippen molar-refractivity contribution in [3.8, 4) is 17.0 Å². The van der Waals surface area contributed by atoms with Crippen LogP contribution in [0.4, 0.5) is 17.6 Å². The van der Waals surface area contributed by atoms with Crippen molar-refractivity contribution in [2.75, 3.05) is 13.7 Å². The summed E-state index contributed by atoms with van der Waals surface area (Å²) >= 11 is 12.0. The van der Waals surface area contributed by atoms with Gasteiger partial charge in [0.25, 0.3) is 6.29 Å². The molecule has 1 aromatic carbocycles. The normalized spacial score (nSPS) is 12.6. The number of carbonyl (C=O) groups excluding carboxylic acids is 1. The van der Waals surface area contributed by atoms with Crippen LogP contribution in [0.1, 0.15) is 12.5 Å². The lowest BCUT2D eigenvalue weighted by Gasteiger charge is -2.18. The second kappa shape index (κ2) is 9.60. The first-order valence-corrected chi connectivity index (χ1v) is 8.88. The fourth-order valence-electron chi connectivity index (χ4n) is 2.32. The zero-order chi connectivity index (χ0) is 21.8. The number of nitrogens with zero attached hydrogens (tertiary/aromatic N) is 1. The van der Waals surface area contributed by atoms with E-state index in [4.69, 9.17) is 32.7 Å². The predicted octanol–water partition coefficient (Wildman–Crippen LogP) is 5.21. The van der Waals surface area contributed by atoms with Gasteiger partial charge in [-0.15, -0.1) is 0 Å². The minimum atomic E-state index is -4.44. The average Bonchev–Trinajstić information content (AvgIpc) is 2.62. The number of halogens is 6. The van der Waals surface area contributed by atoms with Gasteiger partial charge in [0.05, 0.1) is 29.3 Å². The van der Waals surface area contributed by atoms with Crippen LogP contribution in [-0.4, -0.2) is 37.1 Å². The maximum absolute atomic E-state index is 14.4. The number of pyridine rings is 1. The van der Waals surface area contributed by atoms with Gasteiger partial charge in [-0.2, -0.15) is 13.2 Å². The van der Waals surface area contributed by atoms with E-state index >= 15 is 0 Å². The van der Waals surface area contributed by atoms with Gasteiger partial charge in [0, 0.05) is 18.4 Å². The minimum absolute atomic E-state index is 0.111. The highest BCUT2D eigenvalue weighted by molar-refractivity contribution is 6.33. The van der Waals surface area contributed by atoms with Crippen LogP contribution < -0.4 is 4.74 Å². The van der Waals surface area contributed by atoms with Crippen LogP contribution in [0.3, 0.4) is 0 Å². The Hall–Kier alpha value is -2.10. The quantitative estimate of drug-likeness (QED) is 0.325. The fraction of sp³-hybridized carbons (Fsp3) is 0.333. The number of rotatable bonds is 7. The summed E-state index contributed by atoms with van der Waals surface area (Å²) in [5, 5.41) is -0.377. The molecule has 1 atom stereocenters.